The summed E-state index contributed by atoms with van der Waals surface area (Å²) in [5.74, 6) is -1.92. The lowest BCUT2D eigenvalue weighted by Gasteiger charge is -2.47. The van der Waals surface area contributed by atoms with Crippen LogP contribution in [0, 0.1) is 24.2 Å². The third-order valence-corrected chi connectivity index (χ3v) is 7.98. The number of halogens is 3. The van der Waals surface area contributed by atoms with Gasteiger partial charge in [0.15, 0.2) is 6.10 Å². The Morgan fingerprint density at radius 2 is 2.00 bits per heavy atom. The highest BCUT2D eigenvalue weighted by molar-refractivity contribution is 5.96. The molecule has 2 amide bonds. The van der Waals surface area contributed by atoms with Crippen molar-refractivity contribution in [3.8, 4) is 6.07 Å². The predicted molar refractivity (Wildman–Crippen MR) is 149 cm³/mol. The molecule has 0 aromatic heterocycles. The molecule has 1 aromatic rings. The van der Waals surface area contributed by atoms with Gasteiger partial charge in [0.05, 0.1) is 30.6 Å². The Labute approximate surface area is 249 Å². The lowest BCUT2D eigenvalue weighted by molar-refractivity contribution is -0.180. The molecule has 1 aromatic carbocycles. The van der Waals surface area contributed by atoms with Crippen LogP contribution in [0.15, 0.2) is 18.2 Å². The molecule has 3 aliphatic heterocycles. The molecule has 0 aliphatic carbocycles. The number of hydrogen-bond donors (Lipinski definition) is 3. The summed E-state index contributed by atoms with van der Waals surface area (Å²) in [6.45, 7) is 6.14. The van der Waals surface area contributed by atoms with Gasteiger partial charge in [-0.1, -0.05) is 0 Å². The molecule has 14 heteroatoms. The molecule has 0 radical (unpaired) electrons. The molecule has 5 atom stereocenters. The minimum absolute atomic E-state index is 0.0798. The third kappa shape index (κ3) is 7.39. The minimum atomic E-state index is -4.51. The van der Waals surface area contributed by atoms with E-state index in [2.05, 4.69) is 22.1 Å². The maximum Gasteiger partial charge on any atom is 0.406 e. The van der Waals surface area contributed by atoms with Crippen LogP contribution in [0.1, 0.15) is 62.4 Å². The van der Waals surface area contributed by atoms with Crippen molar-refractivity contribution in [2.45, 2.75) is 89.0 Å². The number of hydrazine groups is 1. The van der Waals surface area contributed by atoms with Gasteiger partial charge in [-0.3, -0.25) is 9.59 Å². The highest BCUT2D eigenvalue weighted by Crippen LogP contribution is 2.40. The van der Waals surface area contributed by atoms with E-state index in [-0.39, 0.29) is 30.5 Å². The van der Waals surface area contributed by atoms with Gasteiger partial charge in [-0.05, 0) is 70.7 Å². The third-order valence-electron chi connectivity index (χ3n) is 7.98. The highest BCUT2D eigenvalue weighted by Gasteiger charge is 2.56. The smallest absolute Gasteiger partial charge is 0.406 e. The standard InChI is InChI=1S/C29H39F3N6O5/c1-17-14-18(6-7-19(17)25(40)37(5)15-29(30,31)32)35-23-22-20(9-13-34-24(22)39)38(36-23)28(11-12-33)10-8-21(42-16-28)26(41)43-27(2,3)4/h6-7,14,20-23,35-36H,8-11,13,15-16H2,1-5H3,(H,34,39)/t20?,21-,22?,23?,28-/m0/s1. The van der Waals surface area contributed by atoms with Crippen molar-refractivity contribution in [3.05, 3.63) is 29.3 Å². The predicted octanol–water partition coefficient (Wildman–Crippen LogP) is 2.87. The van der Waals surface area contributed by atoms with E-state index in [0.29, 0.717) is 42.0 Å². The SMILES string of the molecule is Cc1cc(NC2NN([C@]3(CC#N)CC[C@@H](C(=O)OC(C)(C)C)OC3)C3CCNC(=O)C23)ccc1C(=O)N(C)CC(F)(F)F. The molecule has 3 heterocycles. The minimum Gasteiger partial charge on any atom is -0.458 e. The Hall–Kier alpha value is -3.41. The fraction of sp³-hybridized carbons (Fsp3) is 0.655. The van der Waals surface area contributed by atoms with Crippen molar-refractivity contribution < 1.29 is 37.0 Å². The molecule has 0 spiro atoms. The zero-order valence-electron chi connectivity index (χ0n) is 25.0. The van der Waals surface area contributed by atoms with Crippen LogP contribution in [-0.2, 0) is 19.1 Å². The summed E-state index contributed by atoms with van der Waals surface area (Å²) in [6, 6.07) is 6.66. The summed E-state index contributed by atoms with van der Waals surface area (Å²) in [5, 5.41) is 17.9. The van der Waals surface area contributed by atoms with Gasteiger partial charge in [0.1, 0.15) is 18.3 Å². The first-order valence-electron chi connectivity index (χ1n) is 14.3. The van der Waals surface area contributed by atoms with Crippen LogP contribution >= 0.6 is 0 Å². The number of carbonyl (C=O) groups excluding carboxylic acids is 3. The van der Waals surface area contributed by atoms with Crippen molar-refractivity contribution in [2.24, 2.45) is 5.92 Å². The molecule has 0 bridgehead atoms. The van der Waals surface area contributed by atoms with Crippen molar-refractivity contribution in [1.29, 1.82) is 5.26 Å². The fourth-order valence-electron chi connectivity index (χ4n) is 6.06. The van der Waals surface area contributed by atoms with E-state index in [0.717, 1.165) is 7.05 Å². The number of carbonyl (C=O) groups is 3. The molecule has 236 valence electrons. The Bertz CT molecular complexity index is 1270. The zero-order chi connectivity index (χ0) is 31.7. The monoisotopic (exact) mass is 608 g/mol. The number of alkyl halides is 3. The van der Waals surface area contributed by atoms with E-state index in [4.69, 9.17) is 9.47 Å². The van der Waals surface area contributed by atoms with Crippen LogP contribution in [0.25, 0.3) is 0 Å². The largest absolute Gasteiger partial charge is 0.458 e. The summed E-state index contributed by atoms with van der Waals surface area (Å²) in [5.41, 5.74) is 3.10. The number of nitriles is 1. The number of piperidine rings is 1. The van der Waals surface area contributed by atoms with Gasteiger partial charge < -0.3 is 25.0 Å². The van der Waals surface area contributed by atoms with Crippen LogP contribution in [0.5, 0.6) is 0 Å². The van der Waals surface area contributed by atoms with Gasteiger partial charge in [-0.2, -0.15) is 18.4 Å². The number of fused-ring (bicyclic) bond motifs is 1. The highest BCUT2D eigenvalue weighted by atomic mass is 19.4. The van der Waals surface area contributed by atoms with Gasteiger partial charge in [-0.25, -0.2) is 15.2 Å². The summed E-state index contributed by atoms with van der Waals surface area (Å²) in [4.78, 5) is 39.0. The van der Waals surface area contributed by atoms with Gasteiger partial charge in [-0.15, -0.1) is 0 Å². The van der Waals surface area contributed by atoms with Crippen molar-refractivity contribution >= 4 is 23.5 Å². The average Bonchev–Trinajstić information content (AvgIpc) is 3.27. The Kier molecular flexibility index (Phi) is 9.30. The Balaban J connectivity index is 1.53. The van der Waals surface area contributed by atoms with Gasteiger partial charge >= 0.3 is 12.1 Å². The number of anilines is 1. The summed E-state index contributed by atoms with van der Waals surface area (Å²) < 4.78 is 49.9. The van der Waals surface area contributed by atoms with E-state index in [1.54, 1.807) is 39.8 Å². The van der Waals surface area contributed by atoms with Crippen molar-refractivity contribution in [3.63, 3.8) is 0 Å². The normalized spacial score (nSPS) is 27.9. The van der Waals surface area contributed by atoms with Crippen LogP contribution in [0.4, 0.5) is 18.9 Å². The quantitative estimate of drug-likeness (QED) is 0.399. The van der Waals surface area contributed by atoms with Crippen LogP contribution < -0.4 is 16.1 Å². The number of hydrogen-bond acceptors (Lipinski definition) is 9. The van der Waals surface area contributed by atoms with E-state index >= 15 is 0 Å². The number of nitrogens with zero attached hydrogens (tertiary/aromatic N) is 3. The van der Waals surface area contributed by atoms with Crippen molar-refractivity contribution in [1.82, 2.24) is 20.7 Å². The zero-order valence-corrected chi connectivity index (χ0v) is 25.0. The van der Waals surface area contributed by atoms with Crippen LogP contribution in [0.2, 0.25) is 0 Å². The van der Waals surface area contributed by atoms with Gasteiger partial charge in [0.25, 0.3) is 5.91 Å². The summed E-state index contributed by atoms with van der Waals surface area (Å²) >= 11 is 0. The average molecular weight is 609 g/mol. The molecule has 3 N–H and O–H groups in total. The Morgan fingerprint density at radius 3 is 2.58 bits per heavy atom. The number of amides is 2. The molecule has 11 nitrogen and oxygen atoms in total. The lowest BCUT2D eigenvalue weighted by atomic mass is 9.83. The topological polar surface area (TPSA) is 136 Å². The van der Waals surface area contributed by atoms with Gasteiger partial charge in [0, 0.05) is 30.9 Å². The summed E-state index contributed by atoms with van der Waals surface area (Å²) in [7, 11) is 1.10. The van der Waals surface area contributed by atoms with Gasteiger partial charge in [0.2, 0.25) is 5.91 Å². The maximum absolute atomic E-state index is 13.1. The summed E-state index contributed by atoms with van der Waals surface area (Å²) in [6.07, 6.45) is -4.36. The second-order valence-corrected chi connectivity index (χ2v) is 12.5. The fourth-order valence-corrected chi connectivity index (χ4v) is 6.06. The maximum atomic E-state index is 13.1. The van der Waals surface area contributed by atoms with Crippen molar-refractivity contribution in [2.75, 3.05) is 32.1 Å². The molecule has 4 rings (SSSR count). The second-order valence-electron chi connectivity index (χ2n) is 12.5. The molecule has 43 heavy (non-hydrogen) atoms. The molecule has 3 fully saturated rings. The number of rotatable bonds is 7. The van der Waals surface area contributed by atoms with Crippen LogP contribution in [-0.4, -0.2) is 90.1 Å². The van der Waals surface area contributed by atoms with E-state index in [9.17, 15) is 32.8 Å². The molecular formula is C29H39F3N6O5. The van der Waals surface area contributed by atoms with E-state index in [1.807, 2.05) is 5.01 Å². The first-order valence-corrected chi connectivity index (χ1v) is 14.3. The van der Waals surface area contributed by atoms with Crippen LogP contribution in [0.3, 0.4) is 0 Å². The molecule has 3 unspecified atom stereocenters. The molecule has 3 saturated heterocycles. The molecule has 3 aliphatic rings. The number of nitrogens with one attached hydrogen (secondary N) is 3. The van der Waals surface area contributed by atoms with E-state index < -0.39 is 53.9 Å². The number of ether oxygens (including phenoxy) is 2. The second kappa shape index (κ2) is 12.3. The number of esters is 1. The number of aryl methyl sites for hydroxylation is 1. The molecular weight excluding hydrogens is 569 g/mol. The first kappa shape index (κ1) is 32.5. The van der Waals surface area contributed by atoms with E-state index in [1.165, 1.54) is 6.07 Å². The Morgan fingerprint density at radius 1 is 1.28 bits per heavy atom. The molecule has 0 saturated carbocycles. The first-order chi connectivity index (χ1) is 20.0. The number of benzene rings is 1. The lowest BCUT2D eigenvalue weighted by Crippen LogP contribution is -2.63.